The SMILES string of the molecule is CCCC[C@H](N)[C@H](CN)CCC. The molecule has 0 saturated heterocycles. The summed E-state index contributed by atoms with van der Waals surface area (Å²) in [5.41, 5.74) is 11.7. The van der Waals surface area contributed by atoms with Crippen LogP contribution in [0.4, 0.5) is 0 Å². The van der Waals surface area contributed by atoms with E-state index in [-0.39, 0.29) is 0 Å². The topological polar surface area (TPSA) is 52.0 Å². The van der Waals surface area contributed by atoms with Gasteiger partial charge in [0.05, 0.1) is 0 Å². The summed E-state index contributed by atoms with van der Waals surface area (Å²) in [4.78, 5) is 0. The Morgan fingerprint density at radius 2 is 1.75 bits per heavy atom. The smallest absolute Gasteiger partial charge is 0.00791 e. The molecule has 12 heavy (non-hydrogen) atoms. The fourth-order valence-corrected chi connectivity index (χ4v) is 1.55. The van der Waals surface area contributed by atoms with Gasteiger partial charge in [0.15, 0.2) is 0 Å². The van der Waals surface area contributed by atoms with Crippen molar-refractivity contribution in [2.24, 2.45) is 17.4 Å². The molecule has 0 aliphatic heterocycles. The molecule has 0 fully saturated rings. The number of nitrogens with two attached hydrogens (primary N) is 2. The zero-order valence-electron chi connectivity index (χ0n) is 8.55. The van der Waals surface area contributed by atoms with E-state index in [1.807, 2.05) is 0 Å². The van der Waals surface area contributed by atoms with Crippen LogP contribution < -0.4 is 11.5 Å². The molecule has 0 aliphatic carbocycles. The molecule has 0 aromatic carbocycles. The minimum absolute atomic E-state index is 0.329. The quantitative estimate of drug-likeness (QED) is 0.616. The molecule has 0 amide bonds. The van der Waals surface area contributed by atoms with Crippen LogP contribution in [0.2, 0.25) is 0 Å². The third kappa shape index (κ3) is 4.73. The summed E-state index contributed by atoms with van der Waals surface area (Å²) >= 11 is 0. The molecule has 0 aliphatic rings. The maximum atomic E-state index is 6.02. The highest BCUT2D eigenvalue weighted by Gasteiger charge is 2.13. The fraction of sp³-hybridized carbons (Fsp3) is 1.00. The van der Waals surface area contributed by atoms with Gasteiger partial charge in [0.25, 0.3) is 0 Å². The van der Waals surface area contributed by atoms with Crippen LogP contribution >= 0.6 is 0 Å². The van der Waals surface area contributed by atoms with Gasteiger partial charge >= 0.3 is 0 Å². The second-order valence-corrected chi connectivity index (χ2v) is 3.59. The molecule has 4 N–H and O–H groups in total. The van der Waals surface area contributed by atoms with E-state index >= 15 is 0 Å². The van der Waals surface area contributed by atoms with Crippen LogP contribution in [0.5, 0.6) is 0 Å². The van der Waals surface area contributed by atoms with E-state index in [2.05, 4.69) is 13.8 Å². The lowest BCUT2D eigenvalue weighted by molar-refractivity contribution is 0.373. The summed E-state index contributed by atoms with van der Waals surface area (Å²) in [7, 11) is 0. The lowest BCUT2D eigenvalue weighted by atomic mass is 9.92. The van der Waals surface area contributed by atoms with Crippen molar-refractivity contribution < 1.29 is 0 Å². The molecular formula is C10H24N2. The van der Waals surface area contributed by atoms with Gasteiger partial charge in [-0.3, -0.25) is 0 Å². The van der Waals surface area contributed by atoms with Gasteiger partial charge < -0.3 is 11.5 Å². The van der Waals surface area contributed by atoms with Crippen LogP contribution in [0.15, 0.2) is 0 Å². The summed E-state index contributed by atoms with van der Waals surface area (Å²) in [6.45, 7) is 5.14. The summed E-state index contributed by atoms with van der Waals surface area (Å²) in [5, 5.41) is 0. The first kappa shape index (κ1) is 11.9. The Labute approximate surface area is 76.7 Å². The predicted octanol–water partition coefficient (Wildman–Crippen LogP) is 1.88. The van der Waals surface area contributed by atoms with Gasteiger partial charge in [-0.1, -0.05) is 33.1 Å². The molecule has 0 saturated carbocycles. The van der Waals surface area contributed by atoms with Gasteiger partial charge in [-0.05, 0) is 25.3 Å². The number of hydrogen-bond acceptors (Lipinski definition) is 2. The molecule has 0 rings (SSSR count). The first-order valence-corrected chi connectivity index (χ1v) is 5.21. The van der Waals surface area contributed by atoms with Gasteiger partial charge in [0.1, 0.15) is 0 Å². The van der Waals surface area contributed by atoms with E-state index in [1.165, 1.54) is 25.7 Å². The summed E-state index contributed by atoms with van der Waals surface area (Å²) in [5.74, 6) is 0.543. The van der Waals surface area contributed by atoms with Crippen molar-refractivity contribution in [1.82, 2.24) is 0 Å². The second kappa shape index (κ2) is 7.56. The van der Waals surface area contributed by atoms with Crippen molar-refractivity contribution in [3.8, 4) is 0 Å². The van der Waals surface area contributed by atoms with E-state index in [9.17, 15) is 0 Å². The van der Waals surface area contributed by atoms with Gasteiger partial charge in [-0.2, -0.15) is 0 Å². The second-order valence-electron chi connectivity index (χ2n) is 3.59. The first-order chi connectivity index (χ1) is 5.76. The van der Waals surface area contributed by atoms with Crippen molar-refractivity contribution in [2.75, 3.05) is 6.54 Å². The third-order valence-corrected chi connectivity index (χ3v) is 2.46. The lowest BCUT2D eigenvalue weighted by Gasteiger charge is -2.21. The molecule has 0 aromatic heterocycles. The average molecular weight is 172 g/mol. The molecule has 2 atom stereocenters. The van der Waals surface area contributed by atoms with Crippen molar-refractivity contribution in [2.45, 2.75) is 52.0 Å². The van der Waals surface area contributed by atoms with E-state index < -0.39 is 0 Å². The Hall–Kier alpha value is -0.0800. The van der Waals surface area contributed by atoms with E-state index in [0.29, 0.717) is 12.0 Å². The van der Waals surface area contributed by atoms with E-state index in [0.717, 1.165) is 13.0 Å². The zero-order valence-corrected chi connectivity index (χ0v) is 8.55. The molecule has 0 bridgehead atoms. The Kier molecular flexibility index (Phi) is 7.51. The largest absolute Gasteiger partial charge is 0.330 e. The standard InChI is InChI=1S/C10H24N2/c1-3-5-7-10(12)9(8-11)6-4-2/h9-10H,3-8,11-12H2,1-2H3/t9-,10-/m0/s1. The monoisotopic (exact) mass is 172 g/mol. The van der Waals surface area contributed by atoms with Gasteiger partial charge in [-0.25, -0.2) is 0 Å². The highest BCUT2D eigenvalue weighted by atomic mass is 14.7. The molecule has 74 valence electrons. The van der Waals surface area contributed by atoms with E-state index in [4.69, 9.17) is 11.5 Å². The highest BCUT2D eigenvalue weighted by molar-refractivity contribution is 4.73. The fourth-order valence-electron chi connectivity index (χ4n) is 1.55. The normalized spacial score (nSPS) is 16.0. The summed E-state index contributed by atoms with van der Waals surface area (Å²) in [6.07, 6.45) is 5.99. The first-order valence-electron chi connectivity index (χ1n) is 5.21. The van der Waals surface area contributed by atoms with Crippen molar-refractivity contribution in [3.05, 3.63) is 0 Å². The lowest BCUT2D eigenvalue weighted by Crippen LogP contribution is -2.34. The number of hydrogen-bond donors (Lipinski definition) is 2. The predicted molar refractivity (Wildman–Crippen MR) is 55.0 cm³/mol. The van der Waals surface area contributed by atoms with Crippen LogP contribution in [0.25, 0.3) is 0 Å². The van der Waals surface area contributed by atoms with Crippen LogP contribution in [0, 0.1) is 5.92 Å². The Morgan fingerprint density at radius 3 is 2.17 bits per heavy atom. The molecule has 0 unspecified atom stereocenters. The van der Waals surface area contributed by atoms with Crippen molar-refractivity contribution >= 4 is 0 Å². The molecule has 0 heterocycles. The average Bonchev–Trinajstić information content (AvgIpc) is 2.10. The van der Waals surface area contributed by atoms with Crippen molar-refractivity contribution in [1.29, 1.82) is 0 Å². The van der Waals surface area contributed by atoms with E-state index in [1.54, 1.807) is 0 Å². The summed E-state index contributed by atoms with van der Waals surface area (Å²) in [6, 6.07) is 0.329. The summed E-state index contributed by atoms with van der Waals surface area (Å²) < 4.78 is 0. The van der Waals surface area contributed by atoms with Gasteiger partial charge in [0, 0.05) is 6.04 Å². The van der Waals surface area contributed by atoms with Crippen LogP contribution in [0.1, 0.15) is 46.0 Å². The Bertz CT molecular complexity index is 93.8. The third-order valence-electron chi connectivity index (χ3n) is 2.46. The molecule has 2 nitrogen and oxygen atoms in total. The van der Waals surface area contributed by atoms with Crippen LogP contribution in [-0.2, 0) is 0 Å². The molecular weight excluding hydrogens is 148 g/mol. The highest BCUT2D eigenvalue weighted by Crippen LogP contribution is 2.13. The Balaban J connectivity index is 3.60. The maximum Gasteiger partial charge on any atom is 0.00791 e. The minimum Gasteiger partial charge on any atom is -0.330 e. The molecule has 0 radical (unpaired) electrons. The van der Waals surface area contributed by atoms with Crippen LogP contribution in [0.3, 0.4) is 0 Å². The minimum atomic E-state index is 0.329. The number of unbranched alkanes of at least 4 members (excludes halogenated alkanes) is 1. The number of rotatable bonds is 7. The van der Waals surface area contributed by atoms with Crippen molar-refractivity contribution in [3.63, 3.8) is 0 Å². The molecule has 2 heteroatoms. The van der Waals surface area contributed by atoms with Gasteiger partial charge in [0.2, 0.25) is 0 Å². The maximum absolute atomic E-state index is 6.02. The van der Waals surface area contributed by atoms with Gasteiger partial charge in [-0.15, -0.1) is 0 Å². The van der Waals surface area contributed by atoms with Crippen LogP contribution in [-0.4, -0.2) is 12.6 Å². The molecule has 0 aromatic rings. The zero-order chi connectivity index (χ0) is 9.40. The Morgan fingerprint density at radius 1 is 1.08 bits per heavy atom. The molecule has 0 spiro atoms.